The minimum absolute atomic E-state index is 0.151. The maximum Gasteiger partial charge on any atom is 0.306 e. The van der Waals surface area contributed by atoms with Crippen LogP contribution in [0.5, 0.6) is 5.75 Å². The third-order valence-corrected chi connectivity index (χ3v) is 11.3. The molecule has 1 fully saturated rings. The monoisotopic (exact) mass is 599 g/mol. The molecule has 1 saturated heterocycles. The van der Waals surface area contributed by atoms with Crippen LogP contribution in [0.1, 0.15) is 64.6 Å². The highest BCUT2D eigenvalue weighted by Crippen LogP contribution is 2.43. The summed E-state index contributed by atoms with van der Waals surface area (Å²) in [6.07, 6.45) is 0.559. The number of para-hydroxylation sites is 1. The zero-order chi connectivity index (χ0) is 29.4. The van der Waals surface area contributed by atoms with Crippen molar-refractivity contribution < 1.29 is 32.2 Å². The first-order valence-electron chi connectivity index (χ1n) is 13.9. The van der Waals surface area contributed by atoms with Crippen molar-refractivity contribution in [3.05, 3.63) is 80.5 Å². The third-order valence-electron chi connectivity index (χ3n) is 7.88. The lowest BCUT2D eigenvalue weighted by atomic mass is 9.91. The Morgan fingerprint density at radius 2 is 1.85 bits per heavy atom. The van der Waals surface area contributed by atoms with E-state index in [1.807, 2.05) is 45.9 Å². The first kappa shape index (κ1) is 29.7. The molecule has 0 saturated carbocycles. The predicted molar refractivity (Wildman–Crippen MR) is 157 cm³/mol. The summed E-state index contributed by atoms with van der Waals surface area (Å²) in [7, 11) is -2.41. The van der Waals surface area contributed by atoms with E-state index in [4.69, 9.17) is 18.9 Å². The molecule has 5 rings (SSSR count). The molecule has 0 radical (unpaired) electrons. The number of ether oxygens (including phenoxy) is 4. The molecular formula is C31H37NO7S2. The molecule has 2 aliphatic heterocycles. The van der Waals surface area contributed by atoms with Crippen molar-refractivity contribution in [1.82, 2.24) is 4.31 Å². The molecular weight excluding hydrogens is 562 g/mol. The molecule has 3 heterocycles. The Kier molecular flexibility index (Phi) is 8.59. The standard InChI is InChI=1S/C31H37NO7S2/c1-6-24-19-32(41(34,35)28-10-8-7-9-26(28)39-24)18-23-16-22(12-11-20(23)2)25(17-29(33)36-5)27-15-21(3)30(40-27)31(4)37-13-14-38-31/h7-12,15-16,24-25H,6,13-14,17-19H2,1-5H3/t24-,25?/m1/s1. The molecule has 41 heavy (non-hydrogen) atoms. The summed E-state index contributed by atoms with van der Waals surface area (Å²) >= 11 is 1.57. The van der Waals surface area contributed by atoms with E-state index in [0.29, 0.717) is 25.4 Å². The summed E-state index contributed by atoms with van der Waals surface area (Å²) in [5.74, 6) is -1.02. The van der Waals surface area contributed by atoms with E-state index >= 15 is 0 Å². The van der Waals surface area contributed by atoms with Gasteiger partial charge in [0, 0.05) is 17.3 Å². The number of fused-ring (bicyclic) bond motifs is 1. The van der Waals surface area contributed by atoms with Crippen LogP contribution in [0.25, 0.3) is 0 Å². The Labute approximate surface area is 246 Å². The lowest BCUT2D eigenvalue weighted by Gasteiger charge is -2.24. The Balaban J connectivity index is 1.52. The highest BCUT2D eigenvalue weighted by molar-refractivity contribution is 7.89. The van der Waals surface area contributed by atoms with E-state index in [0.717, 1.165) is 32.0 Å². The molecule has 1 unspecified atom stereocenters. The van der Waals surface area contributed by atoms with E-state index in [1.54, 1.807) is 35.6 Å². The Hall–Kier alpha value is -2.76. The zero-order valence-corrected chi connectivity index (χ0v) is 25.8. The van der Waals surface area contributed by atoms with Crippen molar-refractivity contribution >= 4 is 27.3 Å². The molecule has 0 bridgehead atoms. The van der Waals surface area contributed by atoms with Crippen LogP contribution in [0.4, 0.5) is 0 Å². The van der Waals surface area contributed by atoms with Crippen LogP contribution < -0.4 is 4.74 Å². The van der Waals surface area contributed by atoms with Crippen LogP contribution in [0.2, 0.25) is 0 Å². The number of aryl methyl sites for hydroxylation is 2. The van der Waals surface area contributed by atoms with Gasteiger partial charge in [0.05, 0.1) is 38.2 Å². The van der Waals surface area contributed by atoms with Gasteiger partial charge in [-0.15, -0.1) is 11.3 Å². The molecule has 2 aliphatic rings. The lowest BCUT2D eigenvalue weighted by molar-refractivity contribution is -0.147. The number of sulfonamides is 1. The van der Waals surface area contributed by atoms with E-state index in [1.165, 1.54) is 11.4 Å². The third kappa shape index (κ3) is 5.94. The normalized spacial score (nSPS) is 20.6. The molecule has 1 aromatic heterocycles. The summed E-state index contributed by atoms with van der Waals surface area (Å²) in [5, 5.41) is 0. The maximum absolute atomic E-state index is 13.8. The molecule has 220 valence electrons. The van der Waals surface area contributed by atoms with Crippen molar-refractivity contribution in [2.75, 3.05) is 26.9 Å². The summed E-state index contributed by atoms with van der Waals surface area (Å²) < 4.78 is 52.1. The summed E-state index contributed by atoms with van der Waals surface area (Å²) in [6, 6.07) is 14.9. The first-order valence-corrected chi connectivity index (χ1v) is 16.1. The Morgan fingerprint density at radius 1 is 1.12 bits per heavy atom. The van der Waals surface area contributed by atoms with Crippen molar-refractivity contribution in [2.24, 2.45) is 0 Å². The van der Waals surface area contributed by atoms with E-state index in [9.17, 15) is 13.2 Å². The van der Waals surface area contributed by atoms with Crippen molar-refractivity contribution in [2.45, 2.75) is 69.8 Å². The minimum atomic E-state index is -3.80. The largest absolute Gasteiger partial charge is 0.488 e. The van der Waals surface area contributed by atoms with Crippen LogP contribution in [0.3, 0.4) is 0 Å². The highest BCUT2D eigenvalue weighted by Gasteiger charge is 2.38. The summed E-state index contributed by atoms with van der Waals surface area (Å²) in [4.78, 5) is 14.7. The van der Waals surface area contributed by atoms with Gasteiger partial charge in [-0.3, -0.25) is 4.79 Å². The van der Waals surface area contributed by atoms with Crippen LogP contribution >= 0.6 is 11.3 Å². The number of hydrogen-bond acceptors (Lipinski definition) is 8. The second-order valence-corrected chi connectivity index (χ2v) is 13.7. The molecule has 0 amide bonds. The number of carbonyl (C=O) groups is 1. The molecule has 10 heteroatoms. The molecule has 0 aliphatic carbocycles. The average Bonchev–Trinajstić information content (AvgIpc) is 3.55. The van der Waals surface area contributed by atoms with E-state index in [-0.39, 0.29) is 42.4 Å². The summed E-state index contributed by atoms with van der Waals surface area (Å²) in [5.41, 5.74) is 3.79. The number of nitrogens with zero attached hydrogens (tertiary/aromatic N) is 1. The number of esters is 1. The van der Waals surface area contributed by atoms with Gasteiger partial charge in [0.25, 0.3) is 0 Å². The molecule has 8 nitrogen and oxygen atoms in total. The number of rotatable bonds is 8. The molecule has 3 aromatic rings. The van der Waals surface area contributed by atoms with Gasteiger partial charge in [0.15, 0.2) is 0 Å². The number of methoxy groups -OCH3 is 1. The van der Waals surface area contributed by atoms with Crippen LogP contribution in [0.15, 0.2) is 53.4 Å². The lowest BCUT2D eigenvalue weighted by Crippen LogP contribution is -2.36. The van der Waals surface area contributed by atoms with Crippen LogP contribution in [-0.2, 0) is 41.4 Å². The fourth-order valence-corrected chi connectivity index (χ4v) is 8.41. The second-order valence-electron chi connectivity index (χ2n) is 10.7. The van der Waals surface area contributed by atoms with Gasteiger partial charge >= 0.3 is 5.97 Å². The number of carbonyl (C=O) groups excluding carboxylic acids is 1. The topological polar surface area (TPSA) is 91.4 Å². The van der Waals surface area contributed by atoms with Gasteiger partial charge in [-0.25, -0.2) is 8.42 Å². The van der Waals surface area contributed by atoms with Gasteiger partial charge in [-0.1, -0.05) is 37.3 Å². The van der Waals surface area contributed by atoms with Gasteiger partial charge < -0.3 is 18.9 Å². The predicted octanol–water partition coefficient (Wildman–Crippen LogP) is 5.64. The van der Waals surface area contributed by atoms with Crippen LogP contribution in [-0.4, -0.2) is 51.7 Å². The number of benzene rings is 2. The molecule has 2 atom stereocenters. The Bertz CT molecular complexity index is 1520. The van der Waals surface area contributed by atoms with Gasteiger partial charge in [-0.05, 0) is 67.6 Å². The van der Waals surface area contributed by atoms with E-state index in [2.05, 4.69) is 6.07 Å². The van der Waals surface area contributed by atoms with Crippen molar-refractivity contribution in [3.63, 3.8) is 0 Å². The van der Waals surface area contributed by atoms with E-state index < -0.39 is 15.8 Å². The maximum atomic E-state index is 13.8. The summed E-state index contributed by atoms with van der Waals surface area (Å²) in [6.45, 7) is 9.42. The fraction of sp³-hybridized carbons (Fsp3) is 0.452. The SMILES string of the molecule is CC[C@@H]1CN(Cc2cc(C(CC(=O)OC)c3cc(C)c(C4(C)OCCO4)s3)ccc2C)S(=O)(=O)c2ccccc2O1. The second kappa shape index (κ2) is 11.9. The first-order chi connectivity index (χ1) is 19.6. The smallest absolute Gasteiger partial charge is 0.306 e. The molecule has 2 aromatic carbocycles. The average molecular weight is 600 g/mol. The van der Waals surface area contributed by atoms with Crippen molar-refractivity contribution in [1.29, 1.82) is 0 Å². The number of thiophene rings is 1. The van der Waals surface area contributed by atoms with Gasteiger partial charge in [0.1, 0.15) is 16.7 Å². The minimum Gasteiger partial charge on any atom is -0.488 e. The molecule has 0 spiro atoms. The van der Waals surface area contributed by atoms with Crippen molar-refractivity contribution in [3.8, 4) is 5.75 Å². The van der Waals surface area contributed by atoms with Gasteiger partial charge in [-0.2, -0.15) is 4.31 Å². The fourth-order valence-electron chi connectivity index (χ4n) is 5.48. The number of hydrogen-bond donors (Lipinski definition) is 0. The van der Waals surface area contributed by atoms with Gasteiger partial charge in [0.2, 0.25) is 15.8 Å². The Morgan fingerprint density at radius 3 is 2.56 bits per heavy atom. The highest BCUT2D eigenvalue weighted by atomic mass is 32.2. The molecule has 0 N–H and O–H groups in total. The zero-order valence-electron chi connectivity index (χ0n) is 24.1. The van der Waals surface area contributed by atoms with Crippen LogP contribution in [0, 0.1) is 13.8 Å². The quantitative estimate of drug-likeness (QED) is 0.310.